The van der Waals surface area contributed by atoms with E-state index >= 15 is 0 Å². The average molecular weight is 365 g/mol. The molecule has 1 saturated heterocycles. The fraction of sp³-hybridized carbons (Fsp3) is 0.412. The number of thiazole rings is 1. The van der Waals surface area contributed by atoms with Crippen molar-refractivity contribution in [2.75, 3.05) is 18.4 Å². The molecule has 1 aromatic heterocycles. The molecule has 1 aliphatic heterocycles. The third kappa shape index (κ3) is 4.96. The Hall–Kier alpha value is -1.57. The molecular weight excluding hydrogens is 340 g/mol. The van der Waals surface area contributed by atoms with Gasteiger partial charge in [-0.3, -0.25) is 4.31 Å². The largest absolute Gasteiger partial charge is 0.351 e. The van der Waals surface area contributed by atoms with Crippen LogP contribution in [0.3, 0.4) is 0 Å². The molecule has 2 amide bonds. The van der Waals surface area contributed by atoms with Gasteiger partial charge in [0, 0.05) is 30.9 Å². The number of anilines is 1. The third-order valence-corrected chi connectivity index (χ3v) is 5.39. The van der Waals surface area contributed by atoms with E-state index in [0.29, 0.717) is 11.6 Å². The van der Waals surface area contributed by atoms with E-state index in [-0.39, 0.29) is 0 Å². The van der Waals surface area contributed by atoms with Crippen molar-refractivity contribution >= 4 is 35.9 Å². The second-order valence-electron chi connectivity index (χ2n) is 5.36. The Balaban J connectivity index is 0.00000100. The smallest absolute Gasteiger partial charge is 0.316 e. The van der Waals surface area contributed by atoms with Crippen LogP contribution in [0.15, 0.2) is 30.5 Å². The molecule has 1 fully saturated rings. The van der Waals surface area contributed by atoms with Gasteiger partial charge in [0.1, 0.15) is 0 Å². The van der Waals surface area contributed by atoms with Crippen molar-refractivity contribution in [1.82, 2.24) is 9.29 Å². The number of nitrogens with one attached hydrogen (secondary N) is 1. The Labute approximate surface area is 152 Å². The molecule has 24 heavy (non-hydrogen) atoms. The van der Waals surface area contributed by atoms with Crippen LogP contribution in [0.1, 0.15) is 37.6 Å². The van der Waals surface area contributed by atoms with Crippen LogP contribution in [0.4, 0.5) is 10.5 Å². The number of hydrogen-bond acceptors (Lipinski definition) is 5. The van der Waals surface area contributed by atoms with Gasteiger partial charge in [-0.05, 0) is 30.5 Å². The lowest BCUT2D eigenvalue weighted by Gasteiger charge is -2.26. The molecule has 0 radical (unpaired) electrons. The van der Waals surface area contributed by atoms with Gasteiger partial charge in [-0.2, -0.15) is 0 Å². The predicted molar refractivity (Wildman–Crippen MR) is 105 cm³/mol. The topological polar surface area (TPSA) is 71.2 Å². The standard InChI is InChI=1S/C15H18N4OS2.C2H6/c16-15(20)18-12-3-1-10(2-4-12)13-9-17-14(22-13)11-5-7-19(21)8-6-11;1-2/h1-4,9,11,21H,5-8H2,(H3,16,18,20);1-2H3. The summed E-state index contributed by atoms with van der Waals surface area (Å²) in [5.74, 6) is 0.540. The Morgan fingerprint density at radius 3 is 2.50 bits per heavy atom. The number of aromatic nitrogens is 1. The molecule has 2 aromatic rings. The molecule has 130 valence electrons. The lowest BCUT2D eigenvalue weighted by Crippen LogP contribution is -2.25. The first-order valence-corrected chi connectivity index (χ1v) is 9.40. The number of urea groups is 1. The SMILES string of the molecule is CC.NC(=O)Nc1ccc(-c2cnc(C3CCN(S)CC3)s2)cc1. The van der Waals surface area contributed by atoms with E-state index in [1.54, 1.807) is 11.3 Å². The van der Waals surface area contributed by atoms with Crippen molar-refractivity contribution in [3.05, 3.63) is 35.5 Å². The van der Waals surface area contributed by atoms with E-state index in [9.17, 15) is 4.79 Å². The molecule has 0 atom stereocenters. The van der Waals surface area contributed by atoms with E-state index in [1.807, 2.05) is 44.3 Å². The average Bonchev–Trinajstić information content (AvgIpc) is 3.07. The maximum Gasteiger partial charge on any atom is 0.316 e. The monoisotopic (exact) mass is 364 g/mol. The summed E-state index contributed by atoms with van der Waals surface area (Å²) in [7, 11) is 0. The van der Waals surface area contributed by atoms with Gasteiger partial charge in [0.15, 0.2) is 0 Å². The highest BCUT2D eigenvalue weighted by Crippen LogP contribution is 2.35. The number of primary amides is 1. The fourth-order valence-corrected chi connectivity index (χ4v) is 3.91. The molecule has 5 nitrogen and oxygen atoms in total. The summed E-state index contributed by atoms with van der Waals surface area (Å²) in [5.41, 5.74) is 6.90. The first-order chi connectivity index (χ1) is 11.6. The zero-order chi connectivity index (χ0) is 17.5. The number of piperidine rings is 1. The van der Waals surface area contributed by atoms with E-state index < -0.39 is 6.03 Å². The van der Waals surface area contributed by atoms with Crippen molar-refractivity contribution in [3.63, 3.8) is 0 Å². The summed E-state index contributed by atoms with van der Waals surface area (Å²) in [6.07, 6.45) is 4.15. The maximum absolute atomic E-state index is 10.8. The fourth-order valence-electron chi connectivity index (χ4n) is 2.58. The van der Waals surface area contributed by atoms with Crippen LogP contribution in [-0.2, 0) is 0 Å². The molecule has 2 heterocycles. The van der Waals surface area contributed by atoms with Crippen LogP contribution in [0.25, 0.3) is 10.4 Å². The summed E-state index contributed by atoms with van der Waals surface area (Å²) >= 11 is 6.13. The van der Waals surface area contributed by atoms with Gasteiger partial charge in [0.2, 0.25) is 0 Å². The number of benzene rings is 1. The molecule has 1 aromatic carbocycles. The summed E-state index contributed by atoms with van der Waals surface area (Å²) in [6, 6.07) is 7.08. The minimum Gasteiger partial charge on any atom is -0.351 e. The van der Waals surface area contributed by atoms with Gasteiger partial charge < -0.3 is 11.1 Å². The van der Waals surface area contributed by atoms with Gasteiger partial charge in [0.05, 0.1) is 9.88 Å². The minimum atomic E-state index is -0.552. The van der Waals surface area contributed by atoms with Crippen molar-refractivity contribution in [3.8, 4) is 10.4 Å². The zero-order valence-electron chi connectivity index (χ0n) is 14.0. The third-order valence-electron chi connectivity index (χ3n) is 3.78. The van der Waals surface area contributed by atoms with Gasteiger partial charge in [-0.1, -0.05) is 38.8 Å². The van der Waals surface area contributed by atoms with E-state index in [1.165, 1.54) is 5.01 Å². The van der Waals surface area contributed by atoms with Gasteiger partial charge >= 0.3 is 6.03 Å². The maximum atomic E-state index is 10.8. The van der Waals surface area contributed by atoms with Gasteiger partial charge in [0.25, 0.3) is 0 Å². The molecule has 0 spiro atoms. The normalized spacial score (nSPS) is 15.5. The Bertz CT molecular complexity index is 649. The van der Waals surface area contributed by atoms with E-state index in [0.717, 1.165) is 36.4 Å². The number of carbonyl (C=O) groups is 1. The van der Waals surface area contributed by atoms with Crippen LogP contribution in [0, 0.1) is 0 Å². The first-order valence-electron chi connectivity index (χ1n) is 8.18. The lowest BCUT2D eigenvalue weighted by atomic mass is 9.99. The highest BCUT2D eigenvalue weighted by molar-refractivity contribution is 7.77. The second-order valence-corrected chi connectivity index (χ2v) is 6.99. The predicted octanol–water partition coefficient (Wildman–Crippen LogP) is 4.35. The minimum absolute atomic E-state index is 0.540. The Morgan fingerprint density at radius 1 is 1.29 bits per heavy atom. The lowest BCUT2D eigenvalue weighted by molar-refractivity contribution is 0.259. The summed E-state index contributed by atoms with van der Waals surface area (Å²) in [4.78, 5) is 16.6. The van der Waals surface area contributed by atoms with E-state index in [4.69, 9.17) is 5.73 Å². The molecule has 7 heteroatoms. The van der Waals surface area contributed by atoms with Crippen LogP contribution >= 0.6 is 24.2 Å². The molecule has 0 bridgehead atoms. The number of nitrogens with zero attached hydrogens (tertiary/aromatic N) is 2. The van der Waals surface area contributed by atoms with Crippen LogP contribution in [0.2, 0.25) is 0 Å². The number of amides is 2. The summed E-state index contributed by atoms with van der Waals surface area (Å²) in [6.45, 7) is 6.02. The van der Waals surface area contributed by atoms with Crippen molar-refractivity contribution < 1.29 is 4.79 Å². The number of thiol groups is 1. The Morgan fingerprint density at radius 2 is 1.92 bits per heavy atom. The van der Waals surface area contributed by atoms with Crippen molar-refractivity contribution in [2.45, 2.75) is 32.6 Å². The van der Waals surface area contributed by atoms with Crippen LogP contribution in [0.5, 0.6) is 0 Å². The molecular formula is C17H24N4OS2. The molecule has 1 aliphatic rings. The van der Waals surface area contributed by atoms with Crippen molar-refractivity contribution in [2.24, 2.45) is 5.73 Å². The molecule has 0 unspecified atom stereocenters. The first kappa shape index (κ1) is 18.8. The number of rotatable bonds is 3. The number of nitrogens with two attached hydrogens (primary N) is 1. The van der Waals surface area contributed by atoms with Crippen LogP contribution in [-0.4, -0.2) is 28.4 Å². The summed E-state index contributed by atoms with van der Waals surface area (Å²) in [5, 5.41) is 3.76. The van der Waals surface area contributed by atoms with Crippen LogP contribution < -0.4 is 11.1 Å². The molecule has 3 N–H and O–H groups in total. The molecule has 0 aliphatic carbocycles. The molecule has 0 saturated carbocycles. The molecule has 3 rings (SSSR count). The number of carbonyl (C=O) groups excluding carboxylic acids is 1. The second kappa shape index (κ2) is 9.05. The quantitative estimate of drug-likeness (QED) is 0.709. The Kier molecular flexibility index (Phi) is 7.08. The van der Waals surface area contributed by atoms with Gasteiger partial charge in [-0.25, -0.2) is 9.78 Å². The van der Waals surface area contributed by atoms with E-state index in [2.05, 4.69) is 27.4 Å². The highest BCUT2D eigenvalue weighted by Gasteiger charge is 2.21. The highest BCUT2D eigenvalue weighted by atomic mass is 32.1. The van der Waals surface area contributed by atoms with Crippen molar-refractivity contribution in [1.29, 1.82) is 0 Å². The summed E-state index contributed by atoms with van der Waals surface area (Å²) < 4.78 is 2.06. The van der Waals surface area contributed by atoms with Gasteiger partial charge in [-0.15, -0.1) is 11.3 Å². The number of hydrogen-bond donors (Lipinski definition) is 3. The zero-order valence-corrected chi connectivity index (χ0v) is 15.7.